The zero-order chi connectivity index (χ0) is 16.9. The second kappa shape index (κ2) is 7.08. The van der Waals surface area contributed by atoms with Gasteiger partial charge >= 0.3 is 0 Å². The van der Waals surface area contributed by atoms with E-state index in [0.29, 0.717) is 24.6 Å². The average Bonchev–Trinajstić information content (AvgIpc) is 3.02. The number of rotatable bonds is 5. The molecule has 2 aromatic carbocycles. The monoisotopic (exact) mass is 321 g/mol. The van der Waals surface area contributed by atoms with E-state index in [4.69, 9.17) is 4.42 Å². The SMILES string of the molecule is Cc1cc(C)cc(NC(=O)CCc2nnc(-c3ccccc3)o2)c1. The number of nitrogens with one attached hydrogen (secondary N) is 1. The Morgan fingerprint density at radius 1 is 1.04 bits per heavy atom. The second-order valence-electron chi connectivity index (χ2n) is 5.79. The van der Waals surface area contributed by atoms with E-state index >= 15 is 0 Å². The summed E-state index contributed by atoms with van der Waals surface area (Å²) in [6, 6.07) is 15.5. The molecule has 1 amide bonds. The van der Waals surface area contributed by atoms with Crippen LogP contribution in [0.3, 0.4) is 0 Å². The van der Waals surface area contributed by atoms with Gasteiger partial charge < -0.3 is 9.73 Å². The van der Waals surface area contributed by atoms with Crippen LogP contribution in [0, 0.1) is 13.8 Å². The molecule has 0 unspecified atom stereocenters. The number of carbonyl (C=O) groups excluding carboxylic acids is 1. The van der Waals surface area contributed by atoms with Gasteiger partial charge in [-0.15, -0.1) is 10.2 Å². The van der Waals surface area contributed by atoms with E-state index in [2.05, 4.69) is 21.6 Å². The van der Waals surface area contributed by atoms with Gasteiger partial charge in [-0.05, 0) is 49.2 Å². The number of nitrogens with zero attached hydrogens (tertiary/aromatic N) is 2. The molecule has 0 aliphatic heterocycles. The normalized spacial score (nSPS) is 10.6. The van der Waals surface area contributed by atoms with Gasteiger partial charge in [0.25, 0.3) is 0 Å². The molecule has 1 N–H and O–H groups in total. The van der Waals surface area contributed by atoms with Gasteiger partial charge in [-0.2, -0.15) is 0 Å². The van der Waals surface area contributed by atoms with Gasteiger partial charge in [0.05, 0.1) is 0 Å². The van der Waals surface area contributed by atoms with E-state index < -0.39 is 0 Å². The number of amides is 1. The maximum atomic E-state index is 12.1. The van der Waals surface area contributed by atoms with Crippen LogP contribution in [0.25, 0.3) is 11.5 Å². The molecule has 0 saturated carbocycles. The first-order valence-corrected chi connectivity index (χ1v) is 7.86. The van der Waals surface area contributed by atoms with Gasteiger partial charge in [-0.25, -0.2) is 0 Å². The fourth-order valence-electron chi connectivity index (χ4n) is 2.54. The molecule has 122 valence electrons. The molecule has 0 radical (unpaired) electrons. The number of anilines is 1. The molecule has 3 aromatic rings. The van der Waals surface area contributed by atoms with Crippen LogP contribution in [0.2, 0.25) is 0 Å². The molecule has 0 atom stereocenters. The first kappa shape index (κ1) is 15.9. The van der Waals surface area contributed by atoms with Gasteiger partial charge in [-0.1, -0.05) is 24.3 Å². The number of aromatic nitrogens is 2. The van der Waals surface area contributed by atoms with Crippen molar-refractivity contribution in [3.8, 4) is 11.5 Å². The maximum Gasteiger partial charge on any atom is 0.247 e. The third-order valence-electron chi connectivity index (χ3n) is 3.56. The topological polar surface area (TPSA) is 68.0 Å². The Hall–Kier alpha value is -2.95. The van der Waals surface area contributed by atoms with Crippen LogP contribution in [0.1, 0.15) is 23.4 Å². The van der Waals surface area contributed by atoms with Crippen LogP contribution >= 0.6 is 0 Å². The van der Waals surface area contributed by atoms with Crippen molar-refractivity contribution in [1.29, 1.82) is 0 Å². The molecule has 3 rings (SSSR count). The highest BCUT2D eigenvalue weighted by Gasteiger charge is 2.10. The second-order valence-corrected chi connectivity index (χ2v) is 5.79. The number of carbonyl (C=O) groups is 1. The summed E-state index contributed by atoms with van der Waals surface area (Å²) in [6.45, 7) is 4.01. The van der Waals surface area contributed by atoms with Crippen molar-refractivity contribution in [2.45, 2.75) is 26.7 Å². The minimum absolute atomic E-state index is 0.0699. The summed E-state index contributed by atoms with van der Waals surface area (Å²) in [5, 5.41) is 10.9. The third-order valence-corrected chi connectivity index (χ3v) is 3.56. The smallest absolute Gasteiger partial charge is 0.247 e. The molecule has 1 aromatic heterocycles. The Labute approximate surface area is 140 Å². The molecule has 5 nitrogen and oxygen atoms in total. The lowest BCUT2D eigenvalue weighted by molar-refractivity contribution is -0.116. The number of hydrogen-bond donors (Lipinski definition) is 1. The number of aryl methyl sites for hydroxylation is 3. The van der Waals surface area contributed by atoms with Gasteiger partial charge in [0.15, 0.2) is 0 Å². The third kappa shape index (κ3) is 4.07. The Morgan fingerprint density at radius 3 is 2.46 bits per heavy atom. The molecule has 24 heavy (non-hydrogen) atoms. The van der Waals surface area contributed by atoms with Gasteiger partial charge in [0.1, 0.15) is 0 Å². The Bertz CT molecular complexity index is 821. The molecule has 0 bridgehead atoms. The van der Waals surface area contributed by atoms with Gasteiger partial charge in [0.2, 0.25) is 17.7 Å². The first-order valence-electron chi connectivity index (χ1n) is 7.86. The molecule has 1 heterocycles. The average molecular weight is 321 g/mol. The largest absolute Gasteiger partial charge is 0.421 e. The van der Waals surface area contributed by atoms with Crippen LogP contribution in [0.4, 0.5) is 5.69 Å². The highest BCUT2D eigenvalue weighted by atomic mass is 16.4. The molecule has 5 heteroatoms. The minimum Gasteiger partial charge on any atom is -0.421 e. The van der Waals surface area contributed by atoms with Crippen LogP contribution in [-0.4, -0.2) is 16.1 Å². The molecule has 0 spiro atoms. The quantitative estimate of drug-likeness (QED) is 0.773. The van der Waals surface area contributed by atoms with E-state index in [1.54, 1.807) is 0 Å². The standard InChI is InChI=1S/C19H19N3O2/c1-13-10-14(2)12-16(11-13)20-17(23)8-9-18-21-22-19(24-18)15-6-4-3-5-7-15/h3-7,10-12H,8-9H2,1-2H3,(H,20,23). The minimum atomic E-state index is -0.0699. The summed E-state index contributed by atoms with van der Waals surface area (Å²) in [7, 11) is 0. The summed E-state index contributed by atoms with van der Waals surface area (Å²) in [4.78, 5) is 12.1. The lowest BCUT2D eigenvalue weighted by atomic mass is 10.1. The van der Waals surface area contributed by atoms with Crippen LogP contribution < -0.4 is 5.32 Å². The molecule has 0 aliphatic carbocycles. The zero-order valence-corrected chi connectivity index (χ0v) is 13.7. The summed E-state index contributed by atoms with van der Waals surface area (Å²) < 4.78 is 5.61. The molecular weight excluding hydrogens is 302 g/mol. The molecule has 0 fully saturated rings. The van der Waals surface area contributed by atoms with Gasteiger partial charge in [0, 0.05) is 24.1 Å². The Kier molecular flexibility index (Phi) is 4.70. The van der Waals surface area contributed by atoms with Crippen molar-refractivity contribution < 1.29 is 9.21 Å². The van der Waals surface area contributed by atoms with E-state index in [0.717, 1.165) is 22.4 Å². The maximum absolute atomic E-state index is 12.1. The lowest BCUT2D eigenvalue weighted by Gasteiger charge is -2.06. The summed E-state index contributed by atoms with van der Waals surface area (Å²) in [5.74, 6) is 0.865. The van der Waals surface area contributed by atoms with E-state index in [1.165, 1.54) is 0 Å². The predicted octanol–water partition coefficient (Wildman–Crippen LogP) is 3.92. The van der Waals surface area contributed by atoms with Crippen molar-refractivity contribution in [2.75, 3.05) is 5.32 Å². The van der Waals surface area contributed by atoms with Crippen molar-refractivity contribution in [3.05, 3.63) is 65.5 Å². The summed E-state index contributed by atoms with van der Waals surface area (Å²) in [5.41, 5.74) is 3.92. The van der Waals surface area contributed by atoms with E-state index in [1.807, 2.05) is 56.3 Å². The first-order chi connectivity index (χ1) is 11.6. The van der Waals surface area contributed by atoms with Gasteiger partial charge in [-0.3, -0.25) is 4.79 Å². The Morgan fingerprint density at radius 2 is 1.75 bits per heavy atom. The van der Waals surface area contributed by atoms with Crippen molar-refractivity contribution in [3.63, 3.8) is 0 Å². The van der Waals surface area contributed by atoms with Crippen LogP contribution in [0.5, 0.6) is 0 Å². The number of benzene rings is 2. The molecule has 0 aliphatic rings. The van der Waals surface area contributed by atoms with Crippen molar-refractivity contribution in [2.24, 2.45) is 0 Å². The van der Waals surface area contributed by atoms with Crippen LogP contribution in [0.15, 0.2) is 52.9 Å². The fraction of sp³-hybridized carbons (Fsp3) is 0.211. The van der Waals surface area contributed by atoms with E-state index in [-0.39, 0.29) is 5.91 Å². The zero-order valence-electron chi connectivity index (χ0n) is 13.7. The van der Waals surface area contributed by atoms with E-state index in [9.17, 15) is 4.79 Å². The Balaban J connectivity index is 1.58. The highest BCUT2D eigenvalue weighted by molar-refractivity contribution is 5.90. The number of hydrogen-bond acceptors (Lipinski definition) is 4. The summed E-state index contributed by atoms with van der Waals surface area (Å²) >= 11 is 0. The summed E-state index contributed by atoms with van der Waals surface area (Å²) in [6.07, 6.45) is 0.708. The van der Waals surface area contributed by atoms with Crippen LogP contribution in [-0.2, 0) is 11.2 Å². The van der Waals surface area contributed by atoms with Crippen molar-refractivity contribution >= 4 is 11.6 Å². The highest BCUT2D eigenvalue weighted by Crippen LogP contribution is 2.18. The lowest BCUT2D eigenvalue weighted by Crippen LogP contribution is -2.12. The molecular formula is C19H19N3O2. The fourth-order valence-corrected chi connectivity index (χ4v) is 2.54. The van der Waals surface area contributed by atoms with Crippen molar-refractivity contribution in [1.82, 2.24) is 10.2 Å². The predicted molar refractivity (Wildman–Crippen MR) is 92.6 cm³/mol. The molecule has 0 saturated heterocycles.